The maximum absolute atomic E-state index is 13.2. The molecule has 1 saturated carbocycles. The standard InChI is InChI=1S/C24H24N4O2/c29-23(25-18-10-11-18)17-7-5-8-19(14-17)26-24(30)20-15-16-6-1-2-9-21(16)27-22(20)28-12-3-4-13-28/h1-2,5-9,14-15,18H,3-4,10-13H2,(H,25,29)(H,26,30). The lowest BCUT2D eigenvalue weighted by atomic mass is 10.1. The number of hydrogen-bond acceptors (Lipinski definition) is 4. The van der Waals surface area contributed by atoms with Gasteiger partial charge in [0.1, 0.15) is 5.82 Å². The van der Waals surface area contributed by atoms with Crippen molar-refractivity contribution in [3.63, 3.8) is 0 Å². The largest absolute Gasteiger partial charge is 0.356 e. The molecule has 5 rings (SSSR count). The molecule has 6 heteroatoms. The quantitative estimate of drug-likeness (QED) is 0.679. The highest BCUT2D eigenvalue weighted by molar-refractivity contribution is 6.10. The van der Waals surface area contributed by atoms with E-state index in [1.54, 1.807) is 24.3 Å². The van der Waals surface area contributed by atoms with Crippen molar-refractivity contribution in [1.82, 2.24) is 10.3 Å². The minimum atomic E-state index is -0.213. The maximum atomic E-state index is 13.2. The van der Waals surface area contributed by atoms with Crippen molar-refractivity contribution in [3.8, 4) is 0 Å². The number of fused-ring (bicyclic) bond motifs is 1. The molecule has 1 saturated heterocycles. The van der Waals surface area contributed by atoms with E-state index in [1.165, 1.54) is 0 Å². The van der Waals surface area contributed by atoms with Crippen molar-refractivity contribution < 1.29 is 9.59 Å². The van der Waals surface area contributed by atoms with Crippen molar-refractivity contribution in [2.45, 2.75) is 31.7 Å². The van der Waals surface area contributed by atoms with Crippen LogP contribution in [-0.2, 0) is 0 Å². The first kappa shape index (κ1) is 18.6. The molecule has 0 spiro atoms. The van der Waals surface area contributed by atoms with Gasteiger partial charge in [0.05, 0.1) is 11.1 Å². The van der Waals surface area contributed by atoms with Gasteiger partial charge in [-0.15, -0.1) is 0 Å². The fourth-order valence-electron chi connectivity index (χ4n) is 3.88. The van der Waals surface area contributed by atoms with Gasteiger partial charge in [0.25, 0.3) is 11.8 Å². The van der Waals surface area contributed by atoms with Crippen LogP contribution in [0.5, 0.6) is 0 Å². The lowest BCUT2D eigenvalue weighted by molar-refractivity contribution is 0.0949. The lowest BCUT2D eigenvalue weighted by Gasteiger charge is -2.20. The SMILES string of the molecule is O=C(NC1CC1)c1cccc(NC(=O)c2cc3ccccc3nc2N2CCCC2)c1. The van der Waals surface area contributed by atoms with Crippen LogP contribution in [0.1, 0.15) is 46.4 Å². The average molecular weight is 400 g/mol. The molecule has 2 heterocycles. The fourth-order valence-corrected chi connectivity index (χ4v) is 3.88. The minimum absolute atomic E-state index is 0.0984. The molecule has 0 radical (unpaired) electrons. The second-order valence-electron chi connectivity index (χ2n) is 8.03. The predicted octanol–water partition coefficient (Wildman–Crippen LogP) is 3.98. The third-order valence-corrected chi connectivity index (χ3v) is 5.65. The van der Waals surface area contributed by atoms with Gasteiger partial charge in [-0.05, 0) is 56.0 Å². The summed E-state index contributed by atoms with van der Waals surface area (Å²) in [6, 6.07) is 17.1. The summed E-state index contributed by atoms with van der Waals surface area (Å²) in [7, 11) is 0. The van der Waals surface area contributed by atoms with Crippen LogP contribution in [-0.4, -0.2) is 35.9 Å². The van der Waals surface area contributed by atoms with E-state index in [2.05, 4.69) is 15.5 Å². The Morgan fingerprint density at radius 3 is 2.53 bits per heavy atom. The summed E-state index contributed by atoms with van der Waals surface area (Å²) in [6.07, 6.45) is 4.29. The van der Waals surface area contributed by atoms with Gasteiger partial charge in [0.2, 0.25) is 0 Å². The number of carbonyl (C=O) groups is 2. The number of para-hydroxylation sites is 1. The molecule has 2 fully saturated rings. The summed E-state index contributed by atoms with van der Waals surface area (Å²) in [5.41, 5.74) is 2.60. The molecular weight excluding hydrogens is 376 g/mol. The first-order valence-electron chi connectivity index (χ1n) is 10.5. The molecule has 0 unspecified atom stereocenters. The Morgan fingerprint density at radius 2 is 1.73 bits per heavy atom. The maximum Gasteiger partial charge on any atom is 0.259 e. The Hall–Kier alpha value is -3.41. The third kappa shape index (κ3) is 3.85. The summed E-state index contributed by atoms with van der Waals surface area (Å²) in [6.45, 7) is 1.81. The molecule has 152 valence electrons. The van der Waals surface area contributed by atoms with Gasteiger partial charge in [-0.25, -0.2) is 4.98 Å². The Kier molecular flexibility index (Phi) is 4.83. The number of pyridine rings is 1. The smallest absolute Gasteiger partial charge is 0.259 e. The highest BCUT2D eigenvalue weighted by Crippen LogP contribution is 2.27. The van der Waals surface area contributed by atoms with Gasteiger partial charge >= 0.3 is 0 Å². The van der Waals surface area contributed by atoms with Crippen molar-refractivity contribution in [1.29, 1.82) is 0 Å². The number of hydrogen-bond donors (Lipinski definition) is 2. The normalized spacial score (nSPS) is 15.9. The van der Waals surface area contributed by atoms with E-state index in [-0.39, 0.29) is 11.8 Å². The van der Waals surface area contributed by atoms with Crippen molar-refractivity contribution in [2.75, 3.05) is 23.3 Å². The van der Waals surface area contributed by atoms with Crippen LogP contribution in [0.3, 0.4) is 0 Å². The van der Waals surface area contributed by atoms with E-state index < -0.39 is 0 Å². The van der Waals surface area contributed by atoms with Gasteiger partial charge < -0.3 is 15.5 Å². The average Bonchev–Trinajstić information content (AvgIpc) is 3.41. The lowest BCUT2D eigenvalue weighted by Crippen LogP contribution is -2.26. The van der Waals surface area contributed by atoms with Crippen LogP contribution in [0.25, 0.3) is 10.9 Å². The monoisotopic (exact) mass is 400 g/mol. The zero-order chi connectivity index (χ0) is 20.5. The molecule has 0 bridgehead atoms. The predicted molar refractivity (Wildman–Crippen MR) is 118 cm³/mol. The van der Waals surface area contributed by atoms with E-state index in [1.807, 2.05) is 30.3 Å². The zero-order valence-corrected chi connectivity index (χ0v) is 16.7. The number of benzene rings is 2. The van der Waals surface area contributed by atoms with Crippen LogP contribution >= 0.6 is 0 Å². The van der Waals surface area contributed by atoms with Crippen LogP contribution in [0.2, 0.25) is 0 Å². The van der Waals surface area contributed by atoms with Crippen LogP contribution in [0, 0.1) is 0 Å². The number of nitrogens with zero attached hydrogens (tertiary/aromatic N) is 2. The molecule has 2 aliphatic rings. The van der Waals surface area contributed by atoms with Crippen LogP contribution in [0.4, 0.5) is 11.5 Å². The van der Waals surface area contributed by atoms with E-state index >= 15 is 0 Å². The van der Waals surface area contributed by atoms with Crippen molar-refractivity contribution >= 4 is 34.2 Å². The topological polar surface area (TPSA) is 74.3 Å². The molecule has 6 nitrogen and oxygen atoms in total. The first-order valence-corrected chi connectivity index (χ1v) is 10.5. The van der Waals surface area contributed by atoms with Crippen molar-refractivity contribution in [3.05, 3.63) is 65.7 Å². The number of nitrogens with one attached hydrogen (secondary N) is 2. The molecule has 2 amide bonds. The van der Waals surface area contributed by atoms with Crippen LogP contribution < -0.4 is 15.5 Å². The molecule has 2 N–H and O–H groups in total. The third-order valence-electron chi connectivity index (χ3n) is 5.65. The number of anilines is 2. The Labute approximate surface area is 175 Å². The molecule has 30 heavy (non-hydrogen) atoms. The summed E-state index contributed by atoms with van der Waals surface area (Å²) in [5.74, 6) is 0.417. The van der Waals surface area contributed by atoms with E-state index in [0.717, 1.165) is 55.5 Å². The number of rotatable bonds is 5. The summed E-state index contributed by atoms with van der Waals surface area (Å²) < 4.78 is 0. The molecule has 1 aromatic heterocycles. The Bertz CT molecular complexity index is 1120. The minimum Gasteiger partial charge on any atom is -0.356 e. The number of aromatic nitrogens is 1. The highest BCUT2D eigenvalue weighted by atomic mass is 16.2. The second-order valence-corrected chi connectivity index (χ2v) is 8.03. The Balaban J connectivity index is 1.44. The second kappa shape index (κ2) is 7.78. The van der Waals surface area contributed by atoms with Crippen LogP contribution in [0.15, 0.2) is 54.6 Å². The molecule has 2 aromatic carbocycles. The number of carbonyl (C=O) groups excluding carboxylic acids is 2. The summed E-state index contributed by atoms with van der Waals surface area (Å²) >= 11 is 0. The molecular formula is C24H24N4O2. The van der Waals surface area contributed by atoms with Gasteiger partial charge in [0.15, 0.2) is 0 Å². The zero-order valence-electron chi connectivity index (χ0n) is 16.7. The molecule has 3 aromatic rings. The fraction of sp³-hybridized carbons (Fsp3) is 0.292. The Morgan fingerprint density at radius 1 is 0.933 bits per heavy atom. The van der Waals surface area contributed by atoms with E-state index in [0.29, 0.717) is 22.9 Å². The summed E-state index contributed by atoms with van der Waals surface area (Å²) in [5, 5.41) is 6.88. The van der Waals surface area contributed by atoms with Gasteiger partial charge in [-0.3, -0.25) is 9.59 Å². The van der Waals surface area contributed by atoms with E-state index in [9.17, 15) is 9.59 Å². The highest BCUT2D eigenvalue weighted by Gasteiger charge is 2.24. The number of amides is 2. The molecule has 1 aliphatic heterocycles. The van der Waals surface area contributed by atoms with Gasteiger partial charge in [0, 0.05) is 35.8 Å². The van der Waals surface area contributed by atoms with E-state index in [4.69, 9.17) is 4.98 Å². The summed E-state index contributed by atoms with van der Waals surface area (Å²) in [4.78, 5) is 32.6. The van der Waals surface area contributed by atoms with Gasteiger partial charge in [-0.1, -0.05) is 24.3 Å². The van der Waals surface area contributed by atoms with Gasteiger partial charge in [-0.2, -0.15) is 0 Å². The molecule has 1 aliphatic carbocycles. The molecule has 0 atom stereocenters. The van der Waals surface area contributed by atoms with Crippen molar-refractivity contribution in [2.24, 2.45) is 0 Å². The first-order chi connectivity index (χ1) is 14.7.